The Bertz CT molecular complexity index is 525. The van der Waals surface area contributed by atoms with Crippen molar-refractivity contribution in [2.45, 2.75) is 39.8 Å². The molecule has 2 aromatic rings. The zero-order valence-electron chi connectivity index (χ0n) is 11.2. The summed E-state index contributed by atoms with van der Waals surface area (Å²) in [6.07, 6.45) is 3.75. The summed E-state index contributed by atoms with van der Waals surface area (Å²) in [6.45, 7) is 5.44. The van der Waals surface area contributed by atoms with Crippen LogP contribution in [0.4, 0.5) is 0 Å². The molecule has 18 heavy (non-hydrogen) atoms. The Labute approximate surface area is 107 Å². The van der Waals surface area contributed by atoms with Crippen molar-refractivity contribution in [2.24, 2.45) is 12.8 Å². The summed E-state index contributed by atoms with van der Waals surface area (Å²) < 4.78 is 3.71. The Morgan fingerprint density at radius 3 is 2.56 bits per heavy atom. The second-order valence-electron chi connectivity index (χ2n) is 4.32. The number of hydrogen-bond donors (Lipinski definition) is 1. The topological polar surface area (TPSA) is 74.5 Å². The molecule has 0 saturated heterocycles. The molecule has 2 rings (SSSR count). The van der Waals surface area contributed by atoms with Gasteiger partial charge < -0.3 is 5.73 Å². The van der Waals surface area contributed by atoms with Crippen LogP contribution in [0.5, 0.6) is 0 Å². The number of nitrogens with two attached hydrogens (primary N) is 1. The van der Waals surface area contributed by atoms with Crippen molar-refractivity contribution < 1.29 is 0 Å². The normalized spacial score (nSPS) is 11.1. The van der Waals surface area contributed by atoms with E-state index in [0.717, 1.165) is 24.2 Å². The van der Waals surface area contributed by atoms with Crippen molar-refractivity contribution in [2.75, 3.05) is 0 Å². The van der Waals surface area contributed by atoms with Gasteiger partial charge in [0.1, 0.15) is 5.69 Å². The van der Waals surface area contributed by atoms with Gasteiger partial charge in [-0.3, -0.25) is 9.36 Å². The first-order chi connectivity index (χ1) is 8.69. The SMILES string of the molecule is CCc1nn(Cc2cn(C)nn2)c(CC)c1CN. The van der Waals surface area contributed by atoms with Crippen LogP contribution in [-0.4, -0.2) is 24.8 Å². The van der Waals surface area contributed by atoms with Gasteiger partial charge in [-0.25, -0.2) is 0 Å². The van der Waals surface area contributed by atoms with Gasteiger partial charge in [0.25, 0.3) is 0 Å². The van der Waals surface area contributed by atoms with Crippen LogP contribution in [-0.2, 0) is 33.0 Å². The Morgan fingerprint density at radius 1 is 1.28 bits per heavy atom. The van der Waals surface area contributed by atoms with E-state index >= 15 is 0 Å². The third kappa shape index (κ3) is 2.28. The molecular formula is C12H20N6. The highest BCUT2D eigenvalue weighted by atomic mass is 15.4. The fourth-order valence-corrected chi connectivity index (χ4v) is 2.26. The van der Waals surface area contributed by atoms with E-state index in [0.29, 0.717) is 13.1 Å². The Balaban J connectivity index is 2.35. The van der Waals surface area contributed by atoms with E-state index in [-0.39, 0.29) is 0 Å². The van der Waals surface area contributed by atoms with Crippen molar-refractivity contribution >= 4 is 0 Å². The minimum absolute atomic E-state index is 0.548. The molecule has 0 bridgehead atoms. The number of hydrogen-bond acceptors (Lipinski definition) is 4. The lowest BCUT2D eigenvalue weighted by Crippen LogP contribution is -2.08. The zero-order chi connectivity index (χ0) is 13.1. The van der Waals surface area contributed by atoms with E-state index in [1.165, 1.54) is 11.3 Å². The maximum Gasteiger partial charge on any atom is 0.104 e. The minimum Gasteiger partial charge on any atom is -0.326 e. The first-order valence-electron chi connectivity index (χ1n) is 6.32. The number of rotatable bonds is 5. The van der Waals surface area contributed by atoms with E-state index in [1.807, 2.05) is 17.9 Å². The third-order valence-electron chi connectivity index (χ3n) is 3.09. The fraction of sp³-hybridized carbons (Fsp3) is 0.583. The van der Waals surface area contributed by atoms with Crippen molar-refractivity contribution in [3.8, 4) is 0 Å². The van der Waals surface area contributed by atoms with Gasteiger partial charge in [-0.1, -0.05) is 19.1 Å². The maximum absolute atomic E-state index is 5.83. The summed E-state index contributed by atoms with van der Waals surface area (Å²) >= 11 is 0. The molecule has 2 aromatic heterocycles. The summed E-state index contributed by atoms with van der Waals surface area (Å²) in [5.41, 5.74) is 10.2. The molecule has 2 heterocycles. The standard InChI is InChI=1S/C12H20N6/c1-4-11-10(6-13)12(5-2)18(15-11)8-9-7-17(3)16-14-9/h7H,4-6,8,13H2,1-3H3. The van der Waals surface area contributed by atoms with Gasteiger partial charge in [0.15, 0.2) is 0 Å². The zero-order valence-corrected chi connectivity index (χ0v) is 11.2. The molecule has 6 nitrogen and oxygen atoms in total. The molecule has 98 valence electrons. The fourth-order valence-electron chi connectivity index (χ4n) is 2.26. The van der Waals surface area contributed by atoms with Crippen molar-refractivity contribution in [3.63, 3.8) is 0 Å². The molecule has 0 atom stereocenters. The molecular weight excluding hydrogens is 228 g/mol. The predicted molar refractivity (Wildman–Crippen MR) is 69.0 cm³/mol. The highest BCUT2D eigenvalue weighted by Gasteiger charge is 2.14. The summed E-state index contributed by atoms with van der Waals surface area (Å²) in [5, 5.41) is 12.7. The van der Waals surface area contributed by atoms with Crippen LogP contribution in [0.25, 0.3) is 0 Å². The predicted octanol–water partition coefficient (Wildman–Crippen LogP) is 0.643. The molecule has 0 aliphatic heterocycles. The third-order valence-corrected chi connectivity index (χ3v) is 3.09. The molecule has 0 aliphatic rings. The summed E-state index contributed by atoms with van der Waals surface area (Å²) in [6, 6.07) is 0. The van der Waals surface area contributed by atoms with Gasteiger partial charge >= 0.3 is 0 Å². The molecule has 6 heteroatoms. The van der Waals surface area contributed by atoms with E-state index in [9.17, 15) is 0 Å². The molecule has 2 N–H and O–H groups in total. The van der Waals surface area contributed by atoms with Gasteiger partial charge in [-0.05, 0) is 12.8 Å². The Hall–Kier alpha value is -1.69. The second-order valence-corrected chi connectivity index (χ2v) is 4.32. The van der Waals surface area contributed by atoms with Crippen LogP contribution in [0.15, 0.2) is 6.20 Å². The van der Waals surface area contributed by atoms with E-state index in [2.05, 4.69) is 29.3 Å². The van der Waals surface area contributed by atoms with Crippen LogP contribution in [0.2, 0.25) is 0 Å². The molecule has 0 unspecified atom stereocenters. The largest absolute Gasteiger partial charge is 0.326 e. The maximum atomic E-state index is 5.83. The number of aryl methyl sites for hydroxylation is 2. The van der Waals surface area contributed by atoms with Crippen molar-refractivity contribution in [3.05, 3.63) is 28.8 Å². The molecule has 0 amide bonds. The van der Waals surface area contributed by atoms with Gasteiger partial charge in [-0.2, -0.15) is 5.10 Å². The number of nitrogens with zero attached hydrogens (tertiary/aromatic N) is 5. The van der Waals surface area contributed by atoms with E-state index < -0.39 is 0 Å². The molecule has 0 saturated carbocycles. The van der Waals surface area contributed by atoms with Crippen LogP contribution in [0.3, 0.4) is 0 Å². The van der Waals surface area contributed by atoms with Gasteiger partial charge in [-0.15, -0.1) is 5.10 Å². The molecule has 0 aliphatic carbocycles. The monoisotopic (exact) mass is 248 g/mol. The van der Waals surface area contributed by atoms with Gasteiger partial charge in [0.05, 0.1) is 12.2 Å². The molecule has 0 spiro atoms. The van der Waals surface area contributed by atoms with Crippen LogP contribution >= 0.6 is 0 Å². The average Bonchev–Trinajstić information content (AvgIpc) is 2.92. The highest BCUT2D eigenvalue weighted by molar-refractivity contribution is 5.27. The quantitative estimate of drug-likeness (QED) is 0.842. The van der Waals surface area contributed by atoms with Crippen LogP contribution in [0, 0.1) is 0 Å². The van der Waals surface area contributed by atoms with Crippen LogP contribution < -0.4 is 5.73 Å². The number of aromatic nitrogens is 5. The first-order valence-corrected chi connectivity index (χ1v) is 6.32. The Morgan fingerprint density at radius 2 is 2.06 bits per heavy atom. The van der Waals surface area contributed by atoms with Gasteiger partial charge in [0, 0.05) is 31.0 Å². The van der Waals surface area contributed by atoms with Crippen LogP contribution in [0.1, 0.15) is 36.5 Å². The lowest BCUT2D eigenvalue weighted by Gasteiger charge is -2.04. The average molecular weight is 248 g/mol. The van der Waals surface area contributed by atoms with E-state index in [1.54, 1.807) is 4.68 Å². The molecule has 0 radical (unpaired) electrons. The summed E-state index contributed by atoms with van der Waals surface area (Å²) in [4.78, 5) is 0. The summed E-state index contributed by atoms with van der Waals surface area (Å²) in [5.74, 6) is 0. The van der Waals surface area contributed by atoms with E-state index in [4.69, 9.17) is 5.73 Å². The Kier molecular flexibility index (Phi) is 3.76. The minimum atomic E-state index is 0.548. The molecule has 0 fully saturated rings. The smallest absolute Gasteiger partial charge is 0.104 e. The van der Waals surface area contributed by atoms with Crippen molar-refractivity contribution in [1.29, 1.82) is 0 Å². The highest BCUT2D eigenvalue weighted by Crippen LogP contribution is 2.16. The summed E-state index contributed by atoms with van der Waals surface area (Å²) in [7, 11) is 1.86. The lowest BCUT2D eigenvalue weighted by atomic mass is 10.1. The first kappa shape index (κ1) is 12.8. The molecule has 0 aromatic carbocycles. The van der Waals surface area contributed by atoms with Gasteiger partial charge in [0.2, 0.25) is 0 Å². The second kappa shape index (κ2) is 5.30. The van der Waals surface area contributed by atoms with Crippen molar-refractivity contribution in [1.82, 2.24) is 24.8 Å². The lowest BCUT2D eigenvalue weighted by molar-refractivity contribution is 0.626.